The summed E-state index contributed by atoms with van der Waals surface area (Å²) in [7, 11) is 0. The molecule has 162 valence electrons. The lowest BCUT2D eigenvalue weighted by Gasteiger charge is -2.52. The van der Waals surface area contributed by atoms with E-state index in [0.29, 0.717) is 16.8 Å². The molecule has 2 atom stereocenters. The van der Waals surface area contributed by atoms with Crippen LogP contribution in [-0.4, -0.2) is 34.1 Å². The highest BCUT2D eigenvalue weighted by Gasteiger charge is 2.56. The number of hydrogen-bond donors (Lipinski definition) is 1. The Morgan fingerprint density at radius 1 is 1.13 bits per heavy atom. The Morgan fingerprint density at radius 2 is 1.84 bits per heavy atom. The third-order valence-electron chi connectivity index (χ3n) is 7.04. The SMILES string of the molecule is CC[C@@H](C)N1C(=O)c2ccccc2[C@H](C(=O)Nc2cccc(C(C)=O)c2)C12CCCC2. The van der Waals surface area contributed by atoms with E-state index >= 15 is 0 Å². The molecule has 5 nitrogen and oxygen atoms in total. The Bertz CT molecular complexity index is 1020. The fraction of sp³-hybridized carbons (Fsp3) is 0.423. The Kier molecular flexibility index (Phi) is 5.69. The van der Waals surface area contributed by atoms with Gasteiger partial charge in [0.1, 0.15) is 0 Å². The highest BCUT2D eigenvalue weighted by molar-refractivity contribution is 6.05. The predicted octanol–water partition coefficient (Wildman–Crippen LogP) is 5.18. The molecule has 2 aromatic carbocycles. The minimum absolute atomic E-state index is 0.0366. The van der Waals surface area contributed by atoms with E-state index in [9.17, 15) is 14.4 Å². The van der Waals surface area contributed by atoms with Gasteiger partial charge in [0, 0.05) is 22.9 Å². The minimum atomic E-state index is -0.511. The van der Waals surface area contributed by atoms with Gasteiger partial charge in [0.2, 0.25) is 5.91 Å². The number of rotatable bonds is 5. The number of nitrogens with zero attached hydrogens (tertiary/aromatic N) is 1. The first kappa shape index (κ1) is 21.3. The van der Waals surface area contributed by atoms with Crippen LogP contribution < -0.4 is 5.32 Å². The van der Waals surface area contributed by atoms with Crippen LogP contribution in [0.2, 0.25) is 0 Å². The van der Waals surface area contributed by atoms with Crippen LogP contribution >= 0.6 is 0 Å². The second kappa shape index (κ2) is 8.29. The largest absolute Gasteiger partial charge is 0.329 e. The van der Waals surface area contributed by atoms with Crippen molar-refractivity contribution in [1.82, 2.24) is 4.90 Å². The Hall–Kier alpha value is -2.95. The van der Waals surface area contributed by atoms with Gasteiger partial charge in [0.25, 0.3) is 5.91 Å². The van der Waals surface area contributed by atoms with Gasteiger partial charge in [-0.25, -0.2) is 0 Å². The maximum Gasteiger partial charge on any atom is 0.254 e. The van der Waals surface area contributed by atoms with E-state index < -0.39 is 11.5 Å². The second-order valence-electron chi connectivity index (χ2n) is 8.89. The molecule has 1 N–H and O–H groups in total. The van der Waals surface area contributed by atoms with Gasteiger partial charge >= 0.3 is 0 Å². The van der Waals surface area contributed by atoms with Crippen LogP contribution in [0.4, 0.5) is 5.69 Å². The molecule has 0 aromatic heterocycles. The number of nitrogens with one attached hydrogen (secondary N) is 1. The summed E-state index contributed by atoms with van der Waals surface area (Å²) in [5.41, 5.74) is 2.10. The standard InChI is InChI=1S/C26H30N2O3/c1-4-17(2)28-25(31)22-13-6-5-12-21(22)23(26(28)14-7-8-15-26)24(30)27-20-11-9-10-19(16-20)18(3)29/h5-6,9-13,16-17,23H,4,7-8,14-15H2,1-3H3,(H,27,30)/t17-,23-/m1/s1. The van der Waals surface area contributed by atoms with Gasteiger partial charge in [-0.2, -0.15) is 0 Å². The summed E-state index contributed by atoms with van der Waals surface area (Å²) < 4.78 is 0. The molecular formula is C26H30N2O3. The number of benzene rings is 2. The van der Waals surface area contributed by atoms with Crippen molar-refractivity contribution in [3.8, 4) is 0 Å². The number of ketones is 1. The van der Waals surface area contributed by atoms with Crippen molar-refractivity contribution in [3.63, 3.8) is 0 Å². The van der Waals surface area contributed by atoms with Gasteiger partial charge in [-0.15, -0.1) is 0 Å². The van der Waals surface area contributed by atoms with Crippen molar-refractivity contribution in [1.29, 1.82) is 0 Å². The zero-order valence-electron chi connectivity index (χ0n) is 18.5. The number of fused-ring (bicyclic) bond motifs is 1. The van der Waals surface area contributed by atoms with E-state index in [4.69, 9.17) is 0 Å². The number of hydrogen-bond acceptors (Lipinski definition) is 3. The lowest BCUT2D eigenvalue weighted by atomic mass is 9.70. The molecule has 1 aliphatic heterocycles. The lowest BCUT2D eigenvalue weighted by molar-refractivity contribution is -0.121. The zero-order valence-corrected chi connectivity index (χ0v) is 18.5. The lowest BCUT2D eigenvalue weighted by Crippen LogP contribution is -2.62. The third kappa shape index (κ3) is 3.56. The van der Waals surface area contributed by atoms with E-state index in [-0.39, 0.29) is 23.6 Å². The molecule has 2 amide bonds. The van der Waals surface area contributed by atoms with Crippen molar-refractivity contribution < 1.29 is 14.4 Å². The first-order chi connectivity index (χ1) is 14.9. The van der Waals surface area contributed by atoms with Crippen LogP contribution in [-0.2, 0) is 4.79 Å². The maximum atomic E-state index is 13.8. The number of Topliss-reactive ketones (excluding diaryl/α,β-unsaturated/α-hetero) is 1. The van der Waals surface area contributed by atoms with Crippen molar-refractivity contribution >= 4 is 23.3 Å². The predicted molar refractivity (Wildman–Crippen MR) is 121 cm³/mol. The van der Waals surface area contributed by atoms with Crippen LogP contribution in [0.15, 0.2) is 48.5 Å². The van der Waals surface area contributed by atoms with Gasteiger partial charge < -0.3 is 10.2 Å². The van der Waals surface area contributed by atoms with E-state index in [1.54, 1.807) is 24.3 Å². The molecule has 0 radical (unpaired) electrons. The summed E-state index contributed by atoms with van der Waals surface area (Å²) >= 11 is 0. The van der Waals surface area contributed by atoms with Gasteiger partial charge in [0.05, 0.1) is 11.5 Å². The van der Waals surface area contributed by atoms with Crippen LogP contribution in [0.1, 0.15) is 85.1 Å². The summed E-state index contributed by atoms with van der Waals surface area (Å²) in [4.78, 5) is 41.2. The van der Waals surface area contributed by atoms with Gasteiger partial charge in [-0.3, -0.25) is 14.4 Å². The third-order valence-corrected chi connectivity index (χ3v) is 7.04. The molecule has 1 heterocycles. The topological polar surface area (TPSA) is 66.5 Å². The molecule has 1 aliphatic carbocycles. The van der Waals surface area contributed by atoms with E-state index in [1.165, 1.54) is 6.92 Å². The number of anilines is 1. The summed E-state index contributed by atoms with van der Waals surface area (Å²) in [6.07, 6.45) is 4.49. The number of amides is 2. The Morgan fingerprint density at radius 3 is 2.52 bits per heavy atom. The quantitative estimate of drug-likeness (QED) is 0.681. The Balaban J connectivity index is 1.80. The highest BCUT2D eigenvalue weighted by Crippen LogP contribution is 2.51. The molecule has 0 saturated heterocycles. The molecule has 2 aromatic rings. The smallest absolute Gasteiger partial charge is 0.254 e. The van der Waals surface area contributed by atoms with E-state index in [0.717, 1.165) is 37.7 Å². The first-order valence-corrected chi connectivity index (χ1v) is 11.2. The zero-order chi connectivity index (χ0) is 22.2. The average molecular weight is 419 g/mol. The number of carbonyl (C=O) groups excluding carboxylic acids is 3. The van der Waals surface area contributed by atoms with Crippen molar-refractivity contribution in [2.24, 2.45) is 0 Å². The molecule has 1 saturated carbocycles. The average Bonchev–Trinajstić information content (AvgIpc) is 3.23. The fourth-order valence-corrected chi connectivity index (χ4v) is 5.46. The van der Waals surface area contributed by atoms with Crippen LogP contribution in [0.25, 0.3) is 0 Å². The molecule has 0 unspecified atom stereocenters. The minimum Gasteiger partial charge on any atom is -0.329 e. The number of carbonyl (C=O) groups is 3. The van der Waals surface area contributed by atoms with Crippen molar-refractivity contribution in [2.45, 2.75) is 70.4 Å². The highest BCUT2D eigenvalue weighted by atomic mass is 16.2. The van der Waals surface area contributed by atoms with Gasteiger partial charge in [0.15, 0.2) is 5.78 Å². The molecule has 0 bridgehead atoms. The molecule has 5 heteroatoms. The summed E-state index contributed by atoms with van der Waals surface area (Å²) in [5.74, 6) is -0.566. The molecule has 31 heavy (non-hydrogen) atoms. The summed E-state index contributed by atoms with van der Waals surface area (Å²) in [6, 6.07) is 14.6. The van der Waals surface area contributed by atoms with E-state index in [2.05, 4.69) is 19.2 Å². The van der Waals surface area contributed by atoms with Gasteiger partial charge in [-0.05, 0) is 56.9 Å². The molecule has 4 rings (SSSR count). The van der Waals surface area contributed by atoms with Crippen molar-refractivity contribution in [2.75, 3.05) is 5.32 Å². The normalized spacial score (nSPS) is 20.4. The molecule has 2 aliphatic rings. The molecular weight excluding hydrogens is 388 g/mol. The first-order valence-electron chi connectivity index (χ1n) is 11.2. The second-order valence-corrected chi connectivity index (χ2v) is 8.89. The molecule has 1 spiro atoms. The van der Waals surface area contributed by atoms with Gasteiger partial charge in [-0.1, -0.05) is 50.1 Å². The van der Waals surface area contributed by atoms with Crippen LogP contribution in [0.5, 0.6) is 0 Å². The van der Waals surface area contributed by atoms with Crippen LogP contribution in [0, 0.1) is 0 Å². The summed E-state index contributed by atoms with van der Waals surface area (Å²) in [5, 5.41) is 3.06. The van der Waals surface area contributed by atoms with Crippen LogP contribution in [0.3, 0.4) is 0 Å². The fourth-order valence-electron chi connectivity index (χ4n) is 5.46. The monoisotopic (exact) mass is 418 g/mol. The summed E-state index contributed by atoms with van der Waals surface area (Å²) in [6.45, 7) is 5.68. The Labute approximate surface area is 183 Å². The maximum absolute atomic E-state index is 13.8. The molecule has 1 fully saturated rings. The van der Waals surface area contributed by atoms with E-state index in [1.807, 2.05) is 29.2 Å². The van der Waals surface area contributed by atoms with Crippen molar-refractivity contribution in [3.05, 3.63) is 65.2 Å².